The lowest BCUT2D eigenvalue weighted by Crippen LogP contribution is -2.61. The van der Waals surface area contributed by atoms with Crippen molar-refractivity contribution in [2.24, 2.45) is 0 Å². The Labute approximate surface area is 562 Å². The first-order valence-electron chi connectivity index (χ1n) is 33.2. The van der Waals surface area contributed by atoms with Crippen LogP contribution in [0.25, 0.3) is 118 Å². The number of rotatable bonds is 10. The van der Waals surface area contributed by atoms with E-state index in [0.29, 0.717) is 23.3 Å². The first-order valence-corrected chi connectivity index (χ1v) is 33.2. The maximum absolute atomic E-state index is 5.70. The van der Waals surface area contributed by atoms with Gasteiger partial charge in [0.05, 0.1) is 28.1 Å². The second-order valence-electron chi connectivity index (χ2n) is 25.9. The summed E-state index contributed by atoms with van der Waals surface area (Å²) in [6, 6.07) is 115. The molecule has 1 aliphatic carbocycles. The molecule has 13 aromatic carbocycles. The Hall–Kier alpha value is -12.6. The normalized spacial score (nSPS) is 13.1. The number of anilines is 6. The van der Waals surface area contributed by atoms with Gasteiger partial charge in [-0.2, -0.15) is 0 Å². The first-order chi connectivity index (χ1) is 47.9. The van der Waals surface area contributed by atoms with Gasteiger partial charge in [0.25, 0.3) is 6.71 Å². The van der Waals surface area contributed by atoms with Crippen molar-refractivity contribution in [3.05, 3.63) is 333 Å². The van der Waals surface area contributed by atoms with Crippen molar-refractivity contribution in [2.75, 3.05) is 9.80 Å². The highest BCUT2D eigenvalue weighted by Crippen LogP contribution is 2.52. The topological polar surface area (TPSA) is 75.9 Å². The highest BCUT2D eigenvalue weighted by molar-refractivity contribution is 7.00. The van der Waals surface area contributed by atoms with Gasteiger partial charge in [0.2, 0.25) is 0 Å². The van der Waals surface area contributed by atoms with Gasteiger partial charge >= 0.3 is 0 Å². The fourth-order valence-corrected chi connectivity index (χ4v) is 15.5. The van der Waals surface area contributed by atoms with Gasteiger partial charge in [-0.05, 0) is 141 Å². The van der Waals surface area contributed by atoms with Gasteiger partial charge in [-0.1, -0.05) is 244 Å². The second kappa shape index (κ2) is 22.3. The molecule has 2 aliphatic heterocycles. The molecule has 0 unspecified atom stereocenters. The number of fused-ring (bicyclic) bond motifs is 10. The van der Waals surface area contributed by atoms with Gasteiger partial charge < -0.3 is 14.4 Å². The van der Waals surface area contributed by atoms with Crippen molar-refractivity contribution in [1.29, 1.82) is 0 Å². The summed E-state index contributed by atoms with van der Waals surface area (Å²) >= 11 is 0. The summed E-state index contributed by atoms with van der Waals surface area (Å²) in [5.74, 6) is 2.27. The quantitative estimate of drug-likeness (QED) is 0.126. The Morgan fingerprint density at radius 1 is 0.278 bits per heavy atom. The number of hydrogen-bond acceptors (Lipinski definition) is 7. The summed E-state index contributed by atoms with van der Waals surface area (Å²) in [6.07, 6.45) is 0. The molecule has 0 saturated carbocycles. The standard InChI is InChI=1S/C88H59BN8/c1-88(2)70-37-17-15-35-65(70)67-53-68-66-36-16-20-40-76(66)97(82(68)54-71(67)88)77-50-49-62(86-93-84(59-27-9-4-10-28-59)92-85(94-86)60-29-11-5-12-30-60)52-69(77)87-90-74(57-25-7-3-8-26-57)55-75(91-87)58-47-45-56(46-48-58)61-31-23-34-64(51-61)96-79-42-22-19-39-73(79)89-72-38-18-21-41-78(72)95(63-32-13-6-14-33-63)80-43-24-44-81(96)83(80)89/h3-55H,1-2H3. The maximum Gasteiger partial charge on any atom is 0.252 e. The van der Waals surface area contributed by atoms with Crippen LogP contribution in [-0.4, -0.2) is 36.2 Å². The Balaban J connectivity index is 0.771. The van der Waals surface area contributed by atoms with E-state index in [9.17, 15) is 0 Å². The van der Waals surface area contributed by atoms with Crippen LogP contribution in [0.5, 0.6) is 0 Å². The van der Waals surface area contributed by atoms with E-state index in [1.165, 1.54) is 66.8 Å². The minimum Gasteiger partial charge on any atom is -0.311 e. The SMILES string of the molecule is CC1(C)c2ccccc2-c2cc3c4ccccc4n(-c4ccc(-c5nc(-c6ccccc6)nc(-c6ccccc6)n5)cc4-c4nc(-c5ccccc5)cc(-c5ccc(-c6cccc(N7c8ccccc8B8c9ccccc9N(c9ccccc9)c9cccc7c98)c6)cc5)n4)c3cc21. The first kappa shape index (κ1) is 56.0. The van der Waals surface area contributed by atoms with Gasteiger partial charge in [-0.3, -0.25) is 0 Å². The lowest BCUT2D eigenvalue weighted by Gasteiger charge is -2.44. The van der Waals surface area contributed by atoms with Crippen LogP contribution in [0.1, 0.15) is 25.0 Å². The van der Waals surface area contributed by atoms with Gasteiger partial charge in [-0.25, -0.2) is 24.9 Å². The second-order valence-corrected chi connectivity index (χ2v) is 25.9. The molecule has 0 amide bonds. The third-order valence-electron chi connectivity index (χ3n) is 20.0. The van der Waals surface area contributed by atoms with E-state index < -0.39 is 0 Å². The molecule has 454 valence electrons. The van der Waals surface area contributed by atoms with Crippen LogP contribution in [0.3, 0.4) is 0 Å². The molecule has 0 fully saturated rings. The maximum atomic E-state index is 5.70. The summed E-state index contributed by atoms with van der Waals surface area (Å²) in [5, 5.41) is 2.34. The Bertz CT molecular complexity index is 5760. The molecule has 0 radical (unpaired) electrons. The van der Waals surface area contributed by atoms with Gasteiger partial charge in [0, 0.05) is 83.7 Å². The molecule has 0 spiro atoms. The van der Waals surface area contributed by atoms with E-state index in [0.717, 1.165) is 89.4 Å². The predicted octanol–water partition coefficient (Wildman–Crippen LogP) is 19.8. The van der Waals surface area contributed by atoms with Crippen LogP contribution in [0.15, 0.2) is 322 Å². The number of para-hydroxylation sites is 4. The van der Waals surface area contributed by atoms with E-state index in [1.807, 2.05) is 60.7 Å². The molecule has 9 heteroatoms. The molecular formula is C88H59BN8. The predicted molar refractivity (Wildman–Crippen MR) is 399 cm³/mol. The highest BCUT2D eigenvalue weighted by Gasteiger charge is 2.43. The van der Waals surface area contributed by atoms with Crippen molar-refractivity contribution in [2.45, 2.75) is 19.3 Å². The molecule has 97 heavy (non-hydrogen) atoms. The molecule has 3 aliphatic rings. The summed E-state index contributed by atoms with van der Waals surface area (Å²) < 4.78 is 2.42. The third-order valence-corrected chi connectivity index (χ3v) is 20.0. The van der Waals surface area contributed by atoms with Gasteiger partial charge in [0.1, 0.15) is 0 Å². The van der Waals surface area contributed by atoms with Crippen LogP contribution in [0.4, 0.5) is 34.1 Å². The number of aromatic nitrogens is 6. The van der Waals surface area contributed by atoms with Crippen LogP contribution in [-0.2, 0) is 5.41 Å². The molecule has 0 atom stereocenters. The third kappa shape index (κ3) is 9.11. The van der Waals surface area contributed by atoms with Crippen LogP contribution in [0.2, 0.25) is 0 Å². The van der Waals surface area contributed by atoms with Gasteiger partial charge in [-0.15, -0.1) is 0 Å². The summed E-state index contributed by atoms with van der Waals surface area (Å²) in [4.78, 5) is 31.9. The fourth-order valence-electron chi connectivity index (χ4n) is 15.5. The largest absolute Gasteiger partial charge is 0.311 e. The average Bonchev–Trinajstić information content (AvgIpc) is 1.55. The van der Waals surface area contributed by atoms with Crippen LogP contribution >= 0.6 is 0 Å². The lowest BCUT2D eigenvalue weighted by molar-refractivity contribution is 0.661. The van der Waals surface area contributed by atoms with Crippen molar-refractivity contribution >= 4 is 79.0 Å². The van der Waals surface area contributed by atoms with Crippen molar-refractivity contribution in [3.8, 4) is 96.0 Å². The Morgan fingerprint density at radius 2 is 0.773 bits per heavy atom. The minimum absolute atomic E-state index is 0.0587. The van der Waals surface area contributed by atoms with Crippen molar-refractivity contribution in [1.82, 2.24) is 29.5 Å². The van der Waals surface area contributed by atoms with E-state index in [4.69, 9.17) is 24.9 Å². The highest BCUT2D eigenvalue weighted by atomic mass is 15.2. The zero-order valence-electron chi connectivity index (χ0n) is 53.3. The van der Waals surface area contributed by atoms with Crippen molar-refractivity contribution in [3.63, 3.8) is 0 Å². The smallest absolute Gasteiger partial charge is 0.252 e. The summed E-state index contributed by atoms with van der Waals surface area (Å²) in [6.45, 7) is 4.76. The zero-order valence-corrected chi connectivity index (χ0v) is 53.3. The summed E-state index contributed by atoms with van der Waals surface area (Å²) in [5.41, 5.74) is 28.0. The van der Waals surface area contributed by atoms with E-state index in [2.05, 4.69) is 289 Å². The number of nitrogens with zero attached hydrogens (tertiary/aromatic N) is 8. The van der Waals surface area contributed by atoms with E-state index in [1.54, 1.807) is 0 Å². The lowest BCUT2D eigenvalue weighted by atomic mass is 9.33. The van der Waals surface area contributed by atoms with Gasteiger partial charge in [0.15, 0.2) is 23.3 Å². The monoisotopic (exact) mass is 1240 g/mol. The molecule has 3 aromatic heterocycles. The Morgan fingerprint density at radius 3 is 1.44 bits per heavy atom. The molecule has 5 heterocycles. The van der Waals surface area contributed by atoms with E-state index >= 15 is 0 Å². The zero-order chi connectivity index (χ0) is 64.3. The molecular weight excluding hydrogens is 1180 g/mol. The average molecular weight is 1240 g/mol. The number of benzene rings is 13. The molecule has 0 bridgehead atoms. The van der Waals surface area contributed by atoms with E-state index in [-0.39, 0.29) is 12.1 Å². The van der Waals surface area contributed by atoms with Crippen molar-refractivity contribution < 1.29 is 0 Å². The minimum atomic E-state index is -0.231. The summed E-state index contributed by atoms with van der Waals surface area (Å²) in [7, 11) is 0. The number of hydrogen-bond donors (Lipinski definition) is 0. The Kier molecular flexibility index (Phi) is 12.9. The fraction of sp³-hybridized carbons (Fsp3) is 0.0341. The van der Waals surface area contributed by atoms with Crippen LogP contribution in [0, 0.1) is 0 Å². The molecule has 8 nitrogen and oxygen atoms in total. The van der Waals surface area contributed by atoms with Crippen LogP contribution < -0.4 is 26.2 Å². The molecule has 16 aromatic rings. The molecule has 19 rings (SSSR count). The molecule has 0 N–H and O–H groups in total. The molecule has 0 saturated heterocycles.